The Morgan fingerprint density at radius 3 is 2.50 bits per heavy atom. The van der Waals surface area contributed by atoms with E-state index in [1.165, 1.54) is 0 Å². The summed E-state index contributed by atoms with van der Waals surface area (Å²) >= 11 is 0. The number of rotatable bonds is 3. The second-order valence-corrected chi connectivity index (χ2v) is 6.54. The van der Waals surface area contributed by atoms with E-state index >= 15 is 0 Å². The van der Waals surface area contributed by atoms with Crippen LogP contribution >= 0.6 is 0 Å². The third-order valence-electron chi connectivity index (χ3n) is 3.27. The number of nitrogens with one attached hydrogen (secondary N) is 1. The van der Waals surface area contributed by atoms with Gasteiger partial charge in [0.15, 0.2) is 0 Å². The molecule has 0 fully saturated rings. The summed E-state index contributed by atoms with van der Waals surface area (Å²) < 4.78 is 5.23. The van der Waals surface area contributed by atoms with Crippen molar-refractivity contribution in [3.63, 3.8) is 0 Å². The van der Waals surface area contributed by atoms with Crippen LogP contribution in [0.2, 0.25) is 0 Å². The number of amides is 1. The average molecular weight is 327 g/mol. The molecule has 2 aromatic rings. The summed E-state index contributed by atoms with van der Waals surface area (Å²) in [4.78, 5) is 22.8. The lowest BCUT2D eigenvalue weighted by Crippen LogP contribution is -2.27. The van der Waals surface area contributed by atoms with Crippen LogP contribution in [0.15, 0.2) is 42.0 Å². The maximum Gasteiger partial charge on any atom is 0.412 e. The standard InChI is InChI=1S/C19H21NO4/c1-12(17(21)22)10-13-6-5-7-14-11-15(8-9-16(13)14)20-18(23)24-19(2,3)4/h5-11H,1-4H3,(H,20,23)(H,21,22). The molecule has 126 valence electrons. The second kappa shape index (κ2) is 6.74. The first-order valence-corrected chi connectivity index (χ1v) is 7.60. The lowest BCUT2D eigenvalue weighted by atomic mass is 10.0. The van der Waals surface area contributed by atoms with Gasteiger partial charge in [-0.25, -0.2) is 9.59 Å². The van der Waals surface area contributed by atoms with Crippen LogP contribution in [0.1, 0.15) is 33.3 Å². The van der Waals surface area contributed by atoms with Crippen LogP contribution < -0.4 is 5.32 Å². The minimum atomic E-state index is -0.949. The molecule has 2 N–H and O–H groups in total. The van der Waals surface area contributed by atoms with Gasteiger partial charge >= 0.3 is 12.1 Å². The fourth-order valence-corrected chi connectivity index (χ4v) is 2.23. The maximum atomic E-state index is 11.8. The second-order valence-electron chi connectivity index (χ2n) is 6.54. The minimum Gasteiger partial charge on any atom is -0.478 e. The largest absolute Gasteiger partial charge is 0.478 e. The quantitative estimate of drug-likeness (QED) is 0.803. The number of benzene rings is 2. The van der Waals surface area contributed by atoms with Crippen molar-refractivity contribution in [1.82, 2.24) is 0 Å². The van der Waals surface area contributed by atoms with Gasteiger partial charge in [-0.15, -0.1) is 0 Å². The number of carbonyl (C=O) groups is 2. The van der Waals surface area contributed by atoms with Crippen LogP contribution in [-0.4, -0.2) is 22.8 Å². The molecular formula is C19H21NO4. The zero-order chi connectivity index (χ0) is 17.9. The Kier molecular flexibility index (Phi) is 4.93. The van der Waals surface area contributed by atoms with E-state index in [-0.39, 0.29) is 5.57 Å². The molecule has 1 amide bonds. The third-order valence-corrected chi connectivity index (χ3v) is 3.27. The van der Waals surface area contributed by atoms with Crippen molar-refractivity contribution in [3.05, 3.63) is 47.5 Å². The smallest absolute Gasteiger partial charge is 0.412 e. The predicted molar refractivity (Wildman–Crippen MR) is 95.1 cm³/mol. The van der Waals surface area contributed by atoms with Gasteiger partial charge in [-0.3, -0.25) is 5.32 Å². The molecule has 2 rings (SSSR count). The zero-order valence-electron chi connectivity index (χ0n) is 14.2. The van der Waals surface area contributed by atoms with Crippen LogP contribution in [0.4, 0.5) is 10.5 Å². The highest BCUT2D eigenvalue weighted by atomic mass is 16.6. The Bertz CT molecular complexity index is 816. The van der Waals surface area contributed by atoms with Crippen LogP contribution in [0, 0.1) is 0 Å². The van der Waals surface area contributed by atoms with E-state index in [9.17, 15) is 9.59 Å². The summed E-state index contributed by atoms with van der Waals surface area (Å²) in [5.74, 6) is -0.949. The van der Waals surface area contributed by atoms with Gasteiger partial charge in [0.2, 0.25) is 0 Å². The first-order chi connectivity index (χ1) is 11.2. The van der Waals surface area contributed by atoms with Crippen molar-refractivity contribution in [1.29, 1.82) is 0 Å². The van der Waals surface area contributed by atoms with Crippen molar-refractivity contribution in [2.75, 3.05) is 5.32 Å². The van der Waals surface area contributed by atoms with Gasteiger partial charge < -0.3 is 9.84 Å². The van der Waals surface area contributed by atoms with Crippen molar-refractivity contribution in [2.45, 2.75) is 33.3 Å². The van der Waals surface area contributed by atoms with Gasteiger partial charge in [0.1, 0.15) is 5.60 Å². The minimum absolute atomic E-state index is 0.262. The van der Waals surface area contributed by atoms with Crippen LogP contribution in [0.5, 0.6) is 0 Å². The summed E-state index contributed by atoms with van der Waals surface area (Å²) in [5.41, 5.74) is 1.13. The number of carboxylic acids is 1. The lowest BCUT2D eigenvalue weighted by Gasteiger charge is -2.19. The molecular weight excluding hydrogens is 306 g/mol. The van der Waals surface area contributed by atoms with Gasteiger partial charge in [-0.2, -0.15) is 0 Å². The number of ether oxygens (including phenoxy) is 1. The summed E-state index contributed by atoms with van der Waals surface area (Å²) in [7, 11) is 0. The fraction of sp³-hybridized carbons (Fsp3) is 0.263. The van der Waals surface area contributed by atoms with E-state index in [0.29, 0.717) is 5.69 Å². The predicted octanol–water partition coefficient (Wildman–Crippen LogP) is 4.67. The molecule has 0 aliphatic rings. The van der Waals surface area contributed by atoms with E-state index < -0.39 is 17.7 Å². The number of fused-ring (bicyclic) bond motifs is 1. The molecule has 5 heteroatoms. The first-order valence-electron chi connectivity index (χ1n) is 7.60. The highest BCUT2D eigenvalue weighted by molar-refractivity contribution is 5.99. The zero-order valence-corrected chi connectivity index (χ0v) is 14.2. The molecule has 0 unspecified atom stereocenters. The normalized spacial score (nSPS) is 12.1. The lowest BCUT2D eigenvalue weighted by molar-refractivity contribution is -0.132. The van der Waals surface area contributed by atoms with Crippen LogP contribution in [-0.2, 0) is 9.53 Å². The van der Waals surface area contributed by atoms with E-state index in [2.05, 4.69) is 5.32 Å². The van der Waals surface area contributed by atoms with Crippen molar-refractivity contribution >= 4 is 34.6 Å². The fourth-order valence-electron chi connectivity index (χ4n) is 2.23. The van der Waals surface area contributed by atoms with E-state index in [4.69, 9.17) is 9.84 Å². The summed E-state index contributed by atoms with van der Waals surface area (Å²) in [6, 6.07) is 11.1. The van der Waals surface area contributed by atoms with Crippen molar-refractivity contribution < 1.29 is 19.4 Å². The number of anilines is 1. The van der Waals surface area contributed by atoms with E-state index in [0.717, 1.165) is 16.3 Å². The molecule has 0 aromatic heterocycles. The molecule has 0 spiro atoms. The van der Waals surface area contributed by atoms with E-state index in [1.54, 1.807) is 39.8 Å². The molecule has 0 saturated carbocycles. The number of hydrogen-bond donors (Lipinski definition) is 2. The number of aliphatic carboxylic acids is 1. The molecule has 0 aliphatic heterocycles. The SMILES string of the molecule is CC(=Cc1cccc2cc(NC(=O)OC(C)(C)C)ccc12)C(=O)O. The van der Waals surface area contributed by atoms with Gasteiger partial charge in [0.05, 0.1) is 0 Å². The molecule has 0 bridgehead atoms. The maximum absolute atomic E-state index is 11.8. The topological polar surface area (TPSA) is 75.6 Å². The molecule has 0 saturated heterocycles. The summed E-state index contributed by atoms with van der Waals surface area (Å²) in [6.07, 6.45) is 1.12. The molecule has 5 nitrogen and oxygen atoms in total. The van der Waals surface area contributed by atoms with Crippen LogP contribution in [0.3, 0.4) is 0 Å². The number of carbonyl (C=O) groups excluding carboxylic acids is 1. The first kappa shape index (κ1) is 17.5. The van der Waals surface area contributed by atoms with Gasteiger partial charge in [0.25, 0.3) is 0 Å². The number of carboxylic acid groups (broad SMARTS) is 1. The highest BCUT2D eigenvalue weighted by Crippen LogP contribution is 2.25. The summed E-state index contributed by atoms with van der Waals surface area (Å²) in [5, 5.41) is 13.5. The van der Waals surface area contributed by atoms with Gasteiger partial charge in [-0.05, 0) is 62.2 Å². The Hall–Kier alpha value is -2.82. The van der Waals surface area contributed by atoms with Crippen molar-refractivity contribution in [2.24, 2.45) is 0 Å². The molecule has 0 aliphatic carbocycles. The van der Waals surface area contributed by atoms with E-state index in [1.807, 2.05) is 30.3 Å². The molecule has 2 aromatic carbocycles. The summed E-state index contributed by atoms with van der Waals surface area (Å²) in [6.45, 7) is 6.96. The molecule has 24 heavy (non-hydrogen) atoms. The molecule has 0 heterocycles. The Morgan fingerprint density at radius 2 is 1.88 bits per heavy atom. The number of hydrogen-bond acceptors (Lipinski definition) is 3. The van der Waals surface area contributed by atoms with Gasteiger partial charge in [0, 0.05) is 11.3 Å². The third kappa shape index (κ3) is 4.59. The Morgan fingerprint density at radius 1 is 1.17 bits per heavy atom. The molecule has 0 atom stereocenters. The Labute approximate surface area is 140 Å². The monoisotopic (exact) mass is 327 g/mol. The van der Waals surface area contributed by atoms with Crippen LogP contribution in [0.25, 0.3) is 16.8 Å². The highest BCUT2D eigenvalue weighted by Gasteiger charge is 2.16. The Balaban J connectivity index is 2.31. The van der Waals surface area contributed by atoms with Gasteiger partial charge in [-0.1, -0.05) is 24.3 Å². The molecule has 0 radical (unpaired) electrons. The van der Waals surface area contributed by atoms with Crippen molar-refractivity contribution in [3.8, 4) is 0 Å². The average Bonchev–Trinajstić information content (AvgIpc) is 2.45.